The van der Waals surface area contributed by atoms with Crippen LogP contribution in [-0.2, 0) is 10.2 Å². The first-order chi connectivity index (χ1) is 12.8. The smallest absolute Gasteiger partial charge is 0.338 e. The lowest BCUT2D eigenvalue weighted by molar-refractivity contribution is 0.0526. The zero-order valence-corrected chi connectivity index (χ0v) is 17.0. The fourth-order valence-corrected chi connectivity index (χ4v) is 3.68. The van der Waals surface area contributed by atoms with Crippen molar-refractivity contribution in [3.63, 3.8) is 0 Å². The van der Waals surface area contributed by atoms with E-state index in [0.717, 1.165) is 17.9 Å². The van der Waals surface area contributed by atoms with Gasteiger partial charge in [0.05, 0.1) is 12.2 Å². The van der Waals surface area contributed by atoms with Gasteiger partial charge < -0.3 is 15.0 Å². The highest BCUT2D eigenvalue weighted by molar-refractivity contribution is 5.90. The molecule has 0 unspecified atom stereocenters. The summed E-state index contributed by atoms with van der Waals surface area (Å²) in [7, 11) is 0. The summed E-state index contributed by atoms with van der Waals surface area (Å²) in [6.07, 6.45) is 1.17. The monoisotopic (exact) mass is 366 g/mol. The number of rotatable bonds is 5. The molecule has 0 saturated heterocycles. The average Bonchev–Trinajstić information content (AvgIpc) is 2.62. The molecule has 0 bridgehead atoms. The largest absolute Gasteiger partial charge is 0.462 e. The zero-order chi connectivity index (χ0) is 19.6. The van der Waals surface area contributed by atoms with Crippen LogP contribution in [0.5, 0.6) is 0 Å². The van der Waals surface area contributed by atoms with Gasteiger partial charge in [-0.1, -0.05) is 19.9 Å². The van der Waals surface area contributed by atoms with Crippen LogP contribution in [0.4, 0.5) is 17.1 Å². The fraction of sp³-hybridized carbons (Fsp3) is 0.435. The second-order valence-electron chi connectivity index (χ2n) is 8.08. The topological polar surface area (TPSA) is 41.6 Å². The summed E-state index contributed by atoms with van der Waals surface area (Å²) in [5.74, 6) is -0.285. The number of nitrogens with one attached hydrogen (secondary N) is 1. The minimum Gasteiger partial charge on any atom is -0.462 e. The van der Waals surface area contributed by atoms with Crippen LogP contribution in [0.3, 0.4) is 0 Å². The molecule has 0 spiro atoms. The molecule has 2 aromatic rings. The van der Waals surface area contributed by atoms with Crippen molar-refractivity contribution >= 4 is 23.0 Å². The molecule has 4 heteroatoms. The van der Waals surface area contributed by atoms with E-state index in [1.807, 2.05) is 19.1 Å². The molecule has 27 heavy (non-hydrogen) atoms. The fourth-order valence-electron chi connectivity index (χ4n) is 3.68. The Kier molecular flexibility index (Phi) is 5.45. The van der Waals surface area contributed by atoms with Crippen molar-refractivity contribution in [2.45, 2.75) is 52.5 Å². The molecule has 3 rings (SSSR count). The number of benzene rings is 2. The molecule has 1 aliphatic rings. The van der Waals surface area contributed by atoms with E-state index < -0.39 is 0 Å². The molecule has 1 heterocycles. The van der Waals surface area contributed by atoms with E-state index >= 15 is 0 Å². The van der Waals surface area contributed by atoms with Gasteiger partial charge in [-0.15, -0.1) is 0 Å². The summed E-state index contributed by atoms with van der Waals surface area (Å²) < 4.78 is 5.04. The minimum atomic E-state index is -0.285. The zero-order valence-electron chi connectivity index (χ0n) is 17.0. The number of hydrogen-bond acceptors (Lipinski definition) is 4. The lowest BCUT2D eigenvalue weighted by Crippen LogP contribution is -2.41. The lowest BCUT2D eigenvalue weighted by Gasteiger charge is -2.42. The molecular weight excluding hydrogens is 336 g/mol. The van der Waals surface area contributed by atoms with Gasteiger partial charge in [0.1, 0.15) is 0 Å². The van der Waals surface area contributed by atoms with Crippen LogP contribution in [0.15, 0.2) is 42.5 Å². The Morgan fingerprint density at radius 3 is 2.44 bits per heavy atom. The molecule has 2 aromatic carbocycles. The second-order valence-corrected chi connectivity index (χ2v) is 8.08. The van der Waals surface area contributed by atoms with Crippen LogP contribution in [-0.4, -0.2) is 25.2 Å². The third-order valence-corrected chi connectivity index (χ3v) is 5.32. The van der Waals surface area contributed by atoms with E-state index in [4.69, 9.17) is 4.74 Å². The number of nitrogens with zero attached hydrogens (tertiary/aromatic N) is 1. The Labute approximate surface area is 162 Å². The summed E-state index contributed by atoms with van der Waals surface area (Å²) >= 11 is 0. The number of carbonyl (C=O) groups is 1. The number of anilines is 3. The maximum Gasteiger partial charge on any atom is 0.338 e. The predicted molar refractivity (Wildman–Crippen MR) is 112 cm³/mol. The molecule has 0 aliphatic carbocycles. The van der Waals surface area contributed by atoms with E-state index in [0.29, 0.717) is 18.2 Å². The summed E-state index contributed by atoms with van der Waals surface area (Å²) in [6, 6.07) is 14.5. The first kappa shape index (κ1) is 19.3. The summed E-state index contributed by atoms with van der Waals surface area (Å²) in [4.78, 5) is 14.3. The van der Waals surface area contributed by atoms with E-state index in [2.05, 4.69) is 56.1 Å². The third kappa shape index (κ3) is 4.10. The number of ether oxygens (including phenoxy) is 1. The van der Waals surface area contributed by atoms with Gasteiger partial charge in [0, 0.05) is 29.6 Å². The minimum absolute atomic E-state index is 0.195. The Balaban J connectivity index is 1.84. The first-order valence-corrected chi connectivity index (χ1v) is 9.77. The van der Waals surface area contributed by atoms with Gasteiger partial charge in [0.15, 0.2) is 0 Å². The SMILES string of the molecule is CCOC(=O)c1ccc(Nc2ccc3c(c2)N(C(C)C)CCC3(C)C)cc1. The van der Waals surface area contributed by atoms with Crippen LogP contribution in [0.2, 0.25) is 0 Å². The Morgan fingerprint density at radius 2 is 1.81 bits per heavy atom. The number of carbonyl (C=O) groups excluding carboxylic acids is 1. The number of hydrogen-bond donors (Lipinski definition) is 1. The molecule has 0 saturated carbocycles. The Hall–Kier alpha value is -2.49. The average molecular weight is 367 g/mol. The maximum atomic E-state index is 11.8. The van der Waals surface area contributed by atoms with Gasteiger partial charge in [-0.2, -0.15) is 0 Å². The van der Waals surface area contributed by atoms with Crippen LogP contribution in [0, 0.1) is 0 Å². The quantitative estimate of drug-likeness (QED) is 0.709. The van der Waals surface area contributed by atoms with Crippen LogP contribution in [0.25, 0.3) is 0 Å². The van der Waals surface area contributed by atoms with Gasteiger partial charge in [0.25, 0.3) is 0 Å². The van der Waals surface area contributed by atoms with Crippen molar-refractivity contribution in [1.82, 2.24) is 0 Å². The maximum absolute atomic E-state index is 11.8. The second kappa shape index (κ2) is 7.63. The van der Waals surface area contributed by atoms with E-state index in [1.54, 1.807) is 12.1 Å². The summed E-state index contributed by atoms with van der Waals surface area (Å²) in [6.45, 7) is 12.4. The molecule has 1 N–H and O–H groups in total. The predicted octanol–water partition coefficient (Wildman–Crippen LogP) is 5.50. The van der Waals surface area contributed by atoms with Crippen LogP contribution >= 0.6 is 0 Å². The molecule has 0 radical (unpaired) electrons. The van der Waals surface area contributed by atoms with Crippen molar-refractivity contribution in [1.29, 1.82) is 0 Å². The highest BCUT2D eigenvalue weighted by Crippen LogP contribution is 2.42. The molecule has 0 aromatic heterocycles. The molecule has 0 fully saturated rings. The number of esters is 1. The standard InChI is InChI=1S/C23H30N2O2/c1-6-27-22(26)17-7-9-18(10-8-17)24-19-11-12-20-21(15-19)25(16(2)3)14-13-23(20,4)5/h7-12,15-16,24H,6,13-14H2,1-5H3. The van der Waals surface area contributed by atoms with Crippen LogP contribution in [0.1, 0.15) is 57.0 Å². The highest BCUT2D eigenvalue weighted by atomic mass is 16.5. The lowest BCUT2D eigenvalue weighted by atomic mass is 9.77. The number of fused-ring (bicyclic) bond motifs is 1. The molecule has 4 nitrogen and oxygen atoms in total. The van der Waals surface area contributed by atoms with Gasteiger partial charge >= 0.3 is 5.97 Å². The normalized spacial score (nSPS) is 15.4. The molecule has 0 atom stereocenters. The van der Waals surface area contributed by atoms with Gasteiger partial charge in [-0.3, -0.25) is 0 Å². The third-order valence-electron chi connectivity index (χ3n) is 5.32. The van der Waals surface area contributed by atoms with Crippen LogP contribution < -0.4 is 10.2 Å². The van der Waals surface area contributed by atoms with Gasteiger partial charge in [-0.25, -0.2) is 4.79 Å². The Bertz CT molecular complexity index is 810. The summed E-state index contributed by atoms with van der Waals surface area (Å²) in [5, 5.41) is 3.46. The van der Waals surface area contributed by atoms with Crippen molar-refractivity contribution in [3.8, 4) is 0 Å². The van der Waals surface area contributed by atoms with Gasteiger partial charge in [0.2, 0.25) is 0 Å². The van der Waals surface area contributed by atoms with Crippen molar-refractivity contribution in [2.24, 2.45) is 0 Å². The van der Waals surface area contributed by atoms with E-state index in [9.17, 15) is 4.79 Å². The van der Waals surface area contributed by atoms with Crippen molar-refractivity contribution < 1.29 is 9.53 Å². The first-order valence-electron chi connectivity index (χ1n) is 9.77. The molecule has 1 aliphatic heterocycles. The molecule has 144 valence electrons. The molecular formula is C23H30N2O2. The Morgan fingerprint density at radius 1 is 1.15 bits per heavy atom. The summed E-state index contributed by atoms with van der Waals surface area (Å²) in [5.41, 5.74) is 5.50. The van der Waals surface area contributed by atoms with Crippen molar-refractivity contribution in [3.05, 3.63) is 53.6 Å². The molecule has 0 amide bonds. The van der Waals surface area contributed by atoms with E-state index in [-0.39, 0.29) is 11.4 Å². The van der Waals surface area contributed by atoms with Crippen molar-refractivity contribution in [2.75, 3.05) is 23.4 Å². The van der Waals surface area contributed by atoms with Gasteiger partial charge in [-0.05, 0) is 74.6 Å². The van der Waals surface area contributed by atoms with E-state index in [1.165, 1.54) is 17.7 Å². The highest BCUT2D eigenvalue weighted by Gasteiger charge is 2.32.